The van der Waals surface area contributed by atoms with Gasteiger partial charge in [-0.25, -0.2) is 0 Å². The van der Waals surface area contributed by atoms with Gasteiger partial charge in [-0.3, -0.25) is 4.79 Å². The van der Waals surface area contributed by atoms with Crippen LogP contribution in [0, 0.1) is 0 Å². The number of fused-ring (bicyclic) bond motifs is 1. The van der Waals surface area contributed by atoms with E-state index in [0.717, 1.165) is 19.4 Å². The summed E-state index contributed by atoms with van der Waals surface area (Å²) in [5, 5.41) is 9.48. The van der Waals surface area contributed by atoms with E-state index < -0.39 is 6.10 Å². The Bertz CT molecular complexity index is 224. The Morgan fingerprint density at radius 3 is 3.00 bits per heavy atom. The summed E-state index contributed by atoms with van der Waals surface area (Å²) in [4.78, 5) is 13.0. The minimum atomic E-state index is -0.606. The molecule has 3 heteroatoms. The molecule has 0 aromatic carbocycles. The SMILES string of the molecule is C=C1C(=O)N2CCCC2C1O. The van der Waals surface area contributed by atoms with Crippen LogP contribution in [-0.2, 0) is 4.79 Å². The van der Waals surface area contributed by atoms with Crippen molar-refractivity contribution in [2.45, 2.75) is 25.0 Å². The maximum atomic E-state index is 11.3. The summed E-state index contributed by atoms with van der Waals surface area (Å²) in [6, 6.07) is 0.0370. The van der Waals surface area contributed by atoms with Crippen molar-refractivity contribution in [3.05, 3.63) is 12.2 Å². The molecular weight excluding hydrogens is 142 g/mol. The molecule has 2 heterocycles. The molecule has 3 nitrogen and oxygen atoms in total. The summed E-state index contributed by atoms with van der Waals surface area (Å²) >= 11 is 0. The Kier molecular flexibility index (Phi) is 1.29. The molecule has 2 rings (SSSR count). The number of carbonyl (C=O) groups is 1. The highest BCUT2D eigenvalue weighted by molar-refractivity contribution is 5.97. The fourth-order valence-corrected chi connectivity index (χ4v) is 1.92. The fraction of sp³-hybridized carbons (Fsp3) is 0.625. The first-order valence-electron chi connectivity index (χ1n) is 3.89. The predicted octanol–water partition coefficient (Wildman–Crippen LogP) is -0.0919. The number of nitrogens with zero attached hydrogens (tertiary/aromatic N) is 1. The van der Waals surface area contributed by atoms with Gasteiger partial charge in [0.1, 0.15) is 6.10 Å². The van der Waals surface area contributed by atoms with Crippen LogP contribution in [0.15, 0.2) is 12.2 Å². The van der Waals surface area contributed by atoms with Crippen molar-refractivity contribution in [2.75, 3.05) is 6.54 Å². The van der Waals surface area contributed by atoms with E-state index in [0.29, 0.717) is 5.57 Å². The van der Waals surface area contributed by atoms with Crippen molar-refractivity contribution in [3.8, 4) is 0 Å². The summed E-state index contributed by atoms with van der Waals surface area (Å²) in [7, 11) is 0. The first kappa shape index (κ1) is 6.85. The molecule has 0 aliphatic carbocycles. The first-order valence-corrected chi connectivity index (χ1v) is 3.89. The van der Waals surface area contributed by atoms with Crippen LogP contribution in [0.3, 0.4) is 0 Å². The number of hydrogen-bond donors (Lipinski definition) is 1. The van der Waals surface area contributed by atoms with Crippen LogP contribution >= 0.6 is 0 Å². The van der Waals surface area contributed by atoms with Crippen molar-refractivity contribution in [2.24, 2.45) is 0 Å². The van der Waals surface area contributed by atoms with Gasteiger partial charge in [0.25, 0.3) is 5.91 Å². The Labute approximate surface area is 65.3 Å². The molecule has 1 N–H and O–H groups in total. The lowest BCUT2D eigenvalue weighted by Crippen LogP contribution is -2.30. The first-order chi connectivity index (χ1) is 5.22. The van der Waals surface area contributed by atoms with Crippen LogP contribution in [0.5, 0.6) is 0 Å². The lowest BCUT2D eigenvalue weighted by atomic mass is 10.1. The quantitative estimate of drug-likeness (QED) is 0.494. The number of amides is 1. The molecule has 2 atom stereocenters. The van der Waals surface area contributed by atoms with Crippen LogP contribution in [0.4, 0.5) is 0 Å². The van der Waals surface area contributed by atoms with Gasteiger partial charge in [-0.2, -0.15) is 0 Å². The molecule has 0 aromatic rings. The lowest BCUT2D eigenvalue weighted by molar-refractivity contribution is -0.125. The summed E-state index contributed by atoms with van der Waals surface area (Å²) in [6.07, 6.45) is 1.33. The Hall–Kier alpha value is -0.830. The molecule has 60 valence electrons. The van der Waals surface area contributed by atoms with Crippen molar-refractivity contribution in [3.63, 3.8) is 0 Å². The molecule has 2 aliphatic rings. The van der Waals surface area contributed by atoms with Crippen molar-refractivity contribution >= 4 is 5.91 Å². The van der Waals surface area contributed by atoms with Crippen LogP contribution in [0.1, 0.15) is 12.8 Å². The van der Waals surface area contributed by atoms with E-state index in [1.807, 2.05) is 0 Å². The maximum absolute atomic E-state index is 11.3. The lowest BCUT2D eigenvalue weighted by Gasteiger charge is -2.14. The molecule has 2 fully saturated rings. The summed E-state index contributed by atoms with van der Waals surface area (Å²) in [5.41, 5.74) is 0.370. The van der Waals surface area contributed by atoms with E-state index in [-0.39, 0.29) is 11.9 Å². The van der Waals surface area contributed by atoms with Gasteiger partial charge < -0.3 is 10.0 Å². The highest BCUT2D eigenvalue weighted by atomic mass is 16.3. The van der Waals surface area contributed by atoms with Gasteiger partial charge in [-0.15, -0.1) is 0 Å². The maximum Gasteiger partial charge on any atom is 0.252 e. The monoisotopic (exact) mass is 153 g/mol. The average molecular weight is 153 g/mol. The molecule has 0 spiro atoms. The van der Waals surface area contributed by atoms with Crippen LogP contribution in [0.2, 0.25) is 0 Å². The summed E-state index contributed by atoms with van der Waals surface area (Å²) in [6.45, 7) is 4.35. The molecule has 2 unspecified atom stereocenters. The number of aliphatic hydroxyl groups excluding tert-OH is 1. The summed E-state index contributed by atoms with van der Waals surface area (Å²) in [5.74, 6) is -0.0556. The van der Waals surface area contributed by atoms with E-state index in [2.05, 4.69) is 6.58 Å². The molecule has 0 radical (unpaired) electrons. The predicted molar refractivity (Wildman–Crippen MR) is 39.9 cm³/mol. The molecule has 1 amide bonds. The van der Waals surface area contributed by atoms with Crippen molar-refractivity contribution < 1.29 is 9.90 Å². The molecule has 0 aromatic heterocycles. The topological polar surface area (TPSA) is 40.5 Å². The number of rotatable bonds is 0. The third-order valence-corrected chi connectivity index (χ3v) is 2.56. The van der Waals surface area contributed by atoms with Crippen LogP contribution < -0.4 is 0 Å². The van der Waals surface area contributed by atoms with Gasteiger partial charge in [0.2, 0.25) is 0 Å². The van der Waals surface area contributed by atoms with Crippen molar-refractivity contribution in [1.29, 1.82) is 0 Å². The van der Waals surface area contributed by atoms with E-state index in [4.69, 9.17) is 0 Å². The van der Waals surface area contributed by atoms with Crippen molar-refractivity contribution in [1.82, 2.24) is 4.90 Å². The third kappa shape index (κ3) is 0.744. The minimum Gasteiger partial charge on any atom is -0.386 e. The molecular formula is C8H11NO2. The zero-order valence-electron chi connectivity index (χ0n) is 6.29. The van der Waals surface area contributed by atoms with E-state index in [1.165, 1.54) is 0 Å². The largest absolute Gasteiger partial charge is 0.386 e. The molecule has 0 bridgehead atoms. The molecule has 11 heavy (non-hydrogen) atoms. The van der Waals surface area contributed by atoms with Gasteiger partial charge in [-0.1, -0.05) is 6.58 Å². The van der Waals surface area contributed by atoms with Gasteiger partial charge in [0, 0.05) is 12.1 Å². The second kappa shape index (κ2) is 2.08. The van der Waals surface area contributed by atoms with Gasteiger partial charge in [0.15, 0.2) is 0 Å². The Balaban J connectivity index is 2.30. The second-order valence-electron chi connectivity index (χ2n) is 3.18. The van der Waals surface area contributed by atoms with Gasteiger partial charge >= 0.3 is 0 Å². The molecule has 2 saturated heterocycles. The standard InChI is InChI=1S/C8H11NO2/c1-5-7(10)6-3-2-4-9(6)8(5)11/h6-7,10H,1-4H2. The number of carbonyl (C=O) groups excluding carboxylic acids is 1. The normalized spacial score (nSPS) is 36.6. The molecule has 0 saturated carbocycles. The van der Waals surface area contributed by atoms with E-state index >= 15 is 0 Å². The van der Waals surface area contributed by atoms with E-state index in [1.54, 1.807) is 4.90 Å². The highest BCUT2D eigenvalue weighted by Crippen LogP contribution is 2.31. The second-order valence-corrected chi connectivity index (χ2v) is 3.18. The average Bonchev–Trinajstić information content (AvgIpc) is 2.53. The van der Waals surface area contributed by atoms with Gasteiger partial charge in [-0.05, 0) is 12.8 Å². The molecule has 2 aliphatic heterocycles. The summed E-state index contributed by atoms with van der Waals surface area (Å²) < 4.78 is 0. The minimum absolute atomic E-state index is 0.0370. The van der Waals surface area contributed by atoms with Crippen LogP contribution in [0.25, 0.3) is 0 Å². The van der Waals surface area contributed by atoms with Crippen LogP contribution in [-0.4, -0.2) is 34.6 Å². The van der Waals surface area contributed by atoms with Gasteiger partial charge in [0.05, 0.1) is 6.04 Å². The number of aliphatic hydroxyl groups is 1. The van der Waals surface area contributed by atoms with E-state index in [9.17, 15) is 9.90 Å². The zero-order valence-corrected chi connectivity index (χ0v) is 6.29. The fourth-order valence-electron chi connectivity index (χ4n) is 1.92. The highest BCUT2D eigenvalue weighted by Gasteiger charge is 2.44. The Morgan fingerprint density at radius 2 is 2.36 bits per heavy atom. The third-order valence-electron chi connectivity index (χ3n) is 2.56. The number of hydrogen-bond acceptors (Lipinski definition) is 2. The Morgan fingerprint density at radius 1 is 1.64 bits per heavy atom. The zero-order chi connectivity index (χ0) is 8.01. The smallest absolute Gasteiger partial charge is 0.252 e.